The minimum absolute atomic E-state index is 0.272. The molecule has 0 unspecified atom stereocenters. The van der Waals surface area contributed by atoms with E-state index in [-0.39, 0.29) is 5.75 Å². The lowest BCUT2D eigenvalue weighted by atomic mass is 9.91. The van der Waals surface area contributed by atoms with Gasteiger partial charge in [0.25, 0.3) is 0 Å². The SMILES string of the molecule is CCc1cc(O)cc(CC)c1-c1ccc(O)cc1. The predicted molar refractivity (Wildman–Crippen MR) is 74.0 cm³/mol. The molecule has 0 atom stereocenters. The molecule has 0 radical (unpaired) electrons. The molecule has 2 heteroatoms. The van der Waals surface area contributed by atoms with Crippen molar-refractivity contribution >= 4 is 0 Å². The fourth-order valence-corrected chi connectivity index (χ4v) is 2.31. The maximum atomic E-state index is 9.73. The Bertz CT molecular complexity index is 517. The number of aryl methyl sites for hydroxylation is 2. The highest BCUT2D eigenvalue weighted by atomic mass is 16.3. The normalized spacial score (nSPS) is 10.6. The Balaban J connectivity index is 2.64. The molecule has 2 aromatic rings. The van der Waals surface area contributed by atoms with Gasteiger partial charge in [0, 0.05) is 0 Å². The van der Waals surface area contributed by atoms with E-state index in [1.54, 1.807) is 12.1 Å². The van der Waals surface area contributed by atoms with Gasteiger partial charge in [-0.15, -0.1) is 0 Å². The Hall–Kier alpha value is -1.96. The van der Waals surface area contributed by atoms with Crippen LogP contribution in [0.15, 0.2) is 36.4 Å². The molecule has 0 aliphatic carbocycles. The van der Waals surface area contributed by atoms with Crippen LogP contribution in [0.2, 0.25) is 0 Å². The lowest BCUT2D eigenvalue weighted by molar-refractivity contribution is 0.473. The lowest BCUT2D eigenvalue weighted by Gasteiger charge is -2.14. The first-order chi connectivity index (χ1) is 8.65. The second-order valence-electron chi connectivity index (χ2n) is 4.39. The molecule has 0 spiro atoms. The van der Waals surface area contributed by atoms with Gasteiger partial charge in [-0.3, -0.25) is 0 Å². The summed E-state index contributed by atoms with van der Waals surface area (Å²) in [4.78, 5) is 0. The molecule has 2 N–H and O–H groups in total. The second-order valence-corrected chi connectivity index (χ2v) is 4.39. The highest BCUT2D eigenvalue weighted by Gasteiger charge is 2.10. The average molecular weight is 242 g/mol. The number of phenols is 2. The molecule has 18 heavy (non-hydrogen) atoms. The summed E-state index contributed by atoms with van der Waals surface area (Å²) in [6.45, 7) is 4.16. The van der Waals surface area contributed by atoms with Crippen molar-refractivity contribution in [3.05, 3.63) is 47.5 Å². The summed E-state index contributed by atoms with van der Waals surface area (Å²) >= 11 is 0. The van der Waals surface area contributed by atoms with Gasteiger partial charge in [-0.25, -0.2) is 0 Å². The van der Waals surface area contributed by atoms with E-state index in [2.05, 4.69) is 13.8 Å². The summed E-state index contributed by atoms with van der Waals surface area (Å²) in [6, 6.07) is 10.9. The largest absolute Gasteiger partial charge is 0.508 e. The third kappa shape index (κ3) is 2.33. The van der Waals surface area contributed by atoms with Crippen LogP contribution in [0.25, 0.3) is 11.1 Å². The van der Waals surface area contributed by atoms with Crippen LogP contribution in [0, 0.1) is 0 Å². The van der Waals surface area contributed by atoms with Gasteiger partial charge in [0.1, 0.15) is 11.5 Å². The zero-order chi connectivity index (χ0) is 13.1. The van der Waals surface area contributed by atoms with Gasteiger partial charge in [0.05, 0.1) is 0 Å². The third-order valence-corrected chi connectivity index (χ3v) is 3.20. The van der Waals surface area contributed by atoms with E-state index in [1.165, 1.54) is 5.56 Å². The standard InChI is InChI=1S/C16H18O2/c1-3-11-9-15(18)10-12(4-2)16(11)13-5-7-14(17)8-6-13/h5-10,17-18H,3-4H2,1-2H3. The van der Waals surface area contributed by atoms with Crippen LogP contribution in [0.5, 0.6) is 11.5 Å². The predicted octanol–water partition coefficient (Wildman–Crippen LogP) is 3.89. The topological polar surface area (TPSA) is 40.5 Å². The van der Waals surface area contributed by atoms with E-state index >= 15 is 0 Å². The van der Waals surface area contributed by atoms with Crippen molar-refractivity contribution in [3.8, 4) is 22.6 Å². The van der Waals surface area contributed by atoms with Crippen molar-refractivity contribution < 1.29 is 10.2 Å². The van der Waals surface area contributed by atoms with Gasteiger partial charge in [0.2, 0.25) is 0 Å². The molecule has 0 fully saturated rings. The fraction of sp³-hybridized carbons (Fsp3) is 0.250. The van der Waals surface area contributed by atoms with E-state index in [0.717, 1.165) is 29.5 Å². The summed E-state index contributed by atoms with van der Waals surface area (Å²) in [7, 11) is 0. The number of hydrogen-bond donors (Lipinski definition) is 2. The van der Waals surface area contributed by atoms with E-state index in [0.29, 0.717) is 5.75 Å². The second kappa shape index (κ2) is 5.13. The van der Waals surface area contributed by atoms with Gasteiger partial charge >= 0.3 is 0 Å². The molecular formula is C16H18O2. The highest BCUT2D eigenvalue weighted by Crippen LogP contribution is 2.33. The van der Waals surface area contributed by atoms with Gasteiger partial charge in [0.15, 0.2) is 0 Å². The molecule has 0 aromatic heterocycles. The van der Waals surface area contributed by atoms with E-state index < -0.39 is 0 Å². The molecule has 2 nitrogen and oxygen atoms in total. The van der Waals surface area contributed by atoms with Crippen molar-refractivity contribution in [2.45, 2.75) is 26.7 Å². The Morgan fingerprint density at radius 2 is 1.28 bits per heavy atom. The van der Waals surface area contributed by atoms with E-state index in [1.807, 2.05) is 24.3 Å². The van der Waals surface area contributed by atoms with Crippen LogP contribution < -0.4 is 0 Å². The summed E-state index contributed by atoms with van der Waals surface area (Å²) in [5.41, 5.74) is 4.54. The summed E-state index contributed by atoms with van der Waals surface area (Å²) in [6.07, 6.45) is 1.75. The molecule has 0 bridgehead atoms. The molecular weight excluding hydrogens is 224 g/mol. The van der Waals surface area contributed by atoms with Crippen molar-refractivity contribution in [2.24, 2.45) is 0 Å². The van der Waals surface area contributed by atoms with Crippen LogP contribution in [0.1, 0.15) is 25.0 Å². The Morgan fingerprint density at radius 1 is 0.778 bits per heavy atom. The number of benzene rings is 2. The quantitative estimate of drug-likeness (QED) is 0.857. The van der Waals surface area contributed by atoms with Crippen molar-refractivity contribution in [1.82, 2.24) is 0 Å². The summed E-state index contributed by atoms with van der Waals surface area (Å²) < 4.78 is 0. The van der Waals surface area contributed by atoms with Crippen molar-refractivity contribution in [2.75, 3.05) is 0 Å². The average Bonchev–Trinajstić information content (AvgIpc) is 2.39. The number of hydrogen-bond acceptors (Lipinski definition) is 2. The first-order valence-electron chi connectivity index (χ1n) is 6.29. The summed E-state index contributed by atoms with van der Waals surface area (Å²) in [5, 5.41) is 19.1. The maximum absolute atomic E-state index is 9.73. The molecule has 0 aliphatic rings. The molecule has 94 valence electrons. The van der Waals surface area contributed by atoms with Gasteiger partial charge < -0.3 is 10.2 Å². The van der Waals surface area contributed by atoms with Crippen LogP contribution in [-0.2, 0) is 12.8 Å². The Kier molecular flexibility index (Phi) is 3.56. The highest BCUT2D eigenvalue weighted by molar-refractivity contribution is 5.73. The zero-order valence-electron chi connectivity index (χ0n) is 10.8. The molecule has 0 amide bonds. The van der Waals surface area contributed by atoms with Gasteiger partial charge in [-0.05, 0) is 59.4 Å². The van der Waals surface area contributed by atoms with Crippen molar-refractivity contribution in [3.63, 3.8) is 0 Å². The first-order valence-corrected chi connectivity index (χ1v) is 6.29. The first kappa shape index (κ1) is 12.5. The third-order valence-electron chi connectivity index (χ3n) is 3.20. The van der Waals surface area contributed by atoms with E-state index in [9.17, 15) is 10.2 Å². The van der Waals surface area contributed by atoms with Gasteiger partial charge in [-0.2, -0.15) is 0 Å². The maximum Gasteiger partial charge on any atom is 0.116 e. The number of aromatic hydroxyl groups is 2. The summed E-state index contributed by atoms with van der Waals surface area (Å²) in [5.74, 6) is 0.597. The minimum Gasteiger partial charge on any atom is -0.508 e. The van der Waals surface area contributed by atoms with Gasteiger partial charge in [-0.1, -0.05) is 26.0 Å². The monoisotopic (exact) mass is 242 g/mol. The molecule has 0 saturated carbocycles. The molecule has 2 aromatic carbocycles. The number of phenolic OH excluding ortho intramolecular Hbond substituents is 2. The molecule has 0 heterocycles. The van der Waals surface area contributed by atoms with Crippen LogP contribution in [0.3, 0.4) is 0 Å². The van der Waals surface area contributed by atoms with Crippen molar-refractivity contribution in [1.29, 1.82) is 0 Å². The fourth-order valence-electron chi connectivity index (χ4n) is 2.31. The number of rotatable bonds is 3. The Morgan fingerprint density at radius 3 is 1.72 bits per heavy atom. The molecule has 0 aliphatic heterocycles. The zero-order valence-corrected chi connectivity index (χ0v) is 10.8. The minimum atomic E-state index is 0.272. The van der Waals surface area contributed by atoms with Crippen LogP contribution in [-0.4, -0.2) is 10.2 Å². The smallest absolute Gasteiger partial charge is 0.116 e. The van der Waals surface area contributed by atoms with E-state index in [4.69, 9.17) is 0 Å². The van der Waals surface area contributed by atoms with Crippen LogP contribution in [0.4, 0.5) is 0 Å². The lowest BCUT2D eigenvalue weighted by Crippen LogP contribution is -1.94. The molecule has 0 saturated heterocycles. The molecule has 2 rings (SSSR count). The Labute approximate surface area is 108 Å². The van der Waals surface area contributed by atoms with Crippen LogP contribution >= 0.6 is 0 Å².